The van der Waals surface area contributed by atoms with Gasteiger partial charge < -0.3 is 0 Å². The van der Waals surface area contributed by atoms with Gasteiger partial charge in [-0.25, -0.2) is 4.68 Å². The van der Waals surface area contributed by atoms with Crippen molar-refractivity contribution in [1.29, 1.82) is 0 Å². The van der Waals surface area contributed by atoms with Gasteiger partial charge >= 0.3 is 0 Å². The number of halogens is 1. The minimum absolute atomic E-state index is 0.704. The van der Waals surface area contributed by atoms with Gasteiger partial charge in [0.25, 0.3) is 0 Å². The topological polar surface area (TPSA) is 30.7 Å². The van der Waals surface area contributed by atoms with Crippen LogP contribution in [0.5, 0.6) is 0 Å². The summed E-state index contributed by atoms with van der Waals surface area (Å²) in [6.07, 6.45) is 6.21. The molecule has 4 rings (SSSR count). The summed E-state index contributed by atoms with van der Waals surface area (Å²) < 4.78 is 1.88. The van der Waals surface area contributed by atoms with E-state index in [-0.39, 0.29) is 0 Å². The van der Waals surface area contributed by atoms with Crippen LogP contribution in [0.1, 0.15) is 22.3 Å². The van der Waals surface area contributed by atoms with Crippen LogP contribution in [-0.4, -0.2) is 15.0 Å². The van der Waals surface area contributed by atoms with E-state index in [1.807, 2.05) is 53.3 Å². The highest BCUT2D eigenvalue weighted by molar-refractivity contribution is 6.30. The van der Waals surface area contributed by atoms with Crippen LogP contribution in [-0.2, 0) is 6.54 Å². The van der Waals surface area contributed by atoms with Crippen LogP contribution in [0.15, 0.2) is 79.0 Å². The third-order valence-electron chi connectivity index (χ3n) is 4.61. The summed E-state index contributed by atoms with van der Waals surface area (Å²) in [4.78, 5) is 0. The third kappa shape index (κ3) is 4.21. The summed E-state index contributed by atoms with van der Waals surface area (Å²) in [6.45, 7) is 2.81. The number of rotatable bonds is 5. The van der Waals surface area contributed by atoms with E-state index in [2.05, 4.69) is 59.7 Å². The number of hydrogen-bond donors (Lipinski definition) is 0. The van der Waals surface area contributed by atoms with Crippen LogP contribution < -0.4 is 0 Å². The molecule has 1 aromatic heterocycles. The number of aryl methyl sites for hydroxylation is 1. The summed E-state index contributed by atoms with van der Waals surface area (Å²) in [5.74, 6) is 0. The Morgan fingerprint density at radius 3 is 2.46 bits per heavy atom. The molecule has 28 heavy (non-hydrogen) atoms. The van der Waals surface area contributed by atoms with Crippen LogP contribution in [0.2, 0.25) is 5.02 Å². The van der Waals surface area contributed by atoms with Gasteiger partial charge in [-0.3, -0.25) is 0 Å². The molecule has 0 bridgehead atoms. The molecule has 3 nitrogen and oxygen atoms in total. The van der Waals surface area contributed by atoms with Crippen molar-refractivity contribution >= 4 is 23.8 Å². The SMILES string of the molecule is Cc1cccc(/C=C/c2ccc(Cl)cc2)c1-c1cn(Cc2ccccc2)nn1. The average molecular weight is 386 g/mol. The minimum Gasteiger partial charge on any atom is -0.247 e. The maximum atomic E-state index is 5.97. The van der Waals surface area contributed by atoms with Crippen LogP contribution in [0, 0.1) is 6.92 Å². The Balaban J connectivity index is 1.64. The molecule has 0 atom stereocenters. The fraction of sp³-hybridized carbons (Fsp3) is 0.0833. The van der Waals surface area contributed by atoms with Crippen molar-refractivity contribution in [3.8, 4) is 11.3 Å². The van der Waals surface area contributed by atoms with E-state index in [9.17, 15) is 0 Å². The summed E-state index contributed by atoms with van der Waals surface area (Å²) in [6, 6.07) is 24.3. The Morgan fingerprint density at radius 1 is 0.893 bits per heavy atom. The summed E-state index contributed by atoms with van der Waals surface area (Å²) in [7, 11) is 0. The maximum Gasteiger partial charge on any atom is 0.113 e. The van der Waals surface area contributed by atoms with Crippen molar-refractivity contribution in [2.24, 2.45) is 0 Å². The van der Waals surface area contributed by atoms with Crippen molar-refractivity contribution < 1.29 is 0 Å². The van der Waals surface area contributed by atoms with E-state index in [0.29, 0.717) is 6.54 Å². The summed E-state index contributed by atoms with van der Waals surface area (Å²) in [5, 5.41) is 9.50. The Morgan fingerprint density at radius 2 is 1.68 bits per heavy atom. The fourth-order valence-corrected chi connectivity index (χ4v) is 3.33. The van der Waals surface area contributed by atoms with Crippen molar-refractivity contribution in [1.82, 2.24) is 15.0 Å². The highest BCUT2D eigenvalue weighted by Crippen LogP contribution is 2.27. The molecule has 0 saturated heterocycles. The van der Waals surface area contributed by atoms with Crippen molar-refractivity contribution in [2.75, 3.05) is 0 Å². The smallest absolute Gasteiger partial charge is 0.113 e. The van der Waals surface area contributed by atoms with Crippen LogP contribution in [0.3, 0.4) is 0 Å². The molecule has 4 aromatic rings. The molecular weight excluding hydrogens is 366 g/mol. The van der Waals surface area contributed by atoms with Crippen LogP contribution >= 0.6 is 11.6 Å². The maximum absolute atomic E-state index is 5.97. The van der Waals surface area contributed by atoms with Crippen LogP contribution in [0.4, 0.5) is 0 Å². The predicted molar refractivity (Wildman–Crippen MR) is 116 cm³/mol. The second-order valence-corrected chi connectivity index (χ2v) is 7.15. The van der Waals surface area contributed by atoms with Crippen LogP contribution in [0.25, 0.3) is 23.4 Å². The largest absolute Gasteiger partial charge is 0.247 e. The summed E-state index contributed by atoms with van der Waals surface area (Å²) >= 11 is 5.97. The molecule has 3 aromatic carbocycles. The molecule has 0 N–H and O–H groups in total. The zero-order valence-corrected chi connectivity index (χ0v) is 16.3. The third-order valence-corrected chi connectivity index (χ3v) is 4.86. The molecule has 138 valence electrons. The first-order valence-corrected chi connectivity index (χ1v) is 9.54. The van der Waals surface area contributed by atoms with Gasteiger partial charge in [-0.2, -0.15) is 0 Å². The van der Waals surface area contributed by atoms with Crippen molar-refractivity contribution in [3.05, 3.63) is 106 Å². The highest BCUT2D eigenvalue weighted by Gasteiger charge is 2.11. The van der Waals surface area contributed by atoms with Gasteiger partial charge in [0, 0.05) is 10.6 Å². The first kappa shape index (κ1) is 18.2. The molecule has 0 amide bonds. The van der Waals surface area contributed by atoms with Gasteiger partial charge in [0.2, 0.25) is 0 Å². The Bertz CT molecular complexity index is 1100. The average Bonchev–Trinajstić information content (AvgIpc) is 3.16. The van der Waals surface area contributed by atoms with Gasteiger partial charge in [-0.05, 0) is 41.3 Å². The lowest BCUT2D eigenvalue weighted by Crippen LogP contribution is -1.99. The first-order valence-electron chi connectivity index (χ1n) is 9.17. The second kappa shape index (κ2) is 8.24. The van der Waals surface area contributed by atoms with E-state index in [4.69, 9.17) is 11.6 Å². The standard InChI is InChI=1S/C24H20ClN3/c1-18-6-5-9-21(13-10-19-11-14-22(25)15-12-19)24(18)23-17-28(27-26-23)16-20-7-3-2-4-8-20/h2-15,17H,16H2,1H3/b13-10+. The van der Waals surface area contributed by atoms with E-state index >= 15 is 0 Å². The van der Waals surface area contributed by atoms with Gasteiger partial charge in [0.05, 0.1) is 12.7 Å². The molecule has 0 unspecified atom stereocenters. The fourth-order valence-electron chi connectivity index (χ4n) is 3.20. The molecule has 0 aliphatic carbocycles. The zero-order chi connectivity index (χ0) is 19.3. The van der Waals surface area contributed by atoms with E-state index < -0.39 is 0 Å². The number of aromatic nitrogens is 3. The molecule has 0 aliphatic heterocycles. The molecule has 0 saturated carbocycles. The van der Waals surface area contributed by atoms with E-state index in [1.165, 1.54) is 11.1 Å². The Hall–Kier alpha value is -3.17. The lowest BCUT2D eigenvalue weighted by atomic mass is 9.98. The van der Waals surface area contributed by atoms with E-state index in [1.54, 1.807) is 0 Å². The molecule has 0 radical (unpaired) electrons. The number of hydrogen-bond acceptors (Lipinski definition) is 2. The molecule has 0 aliphatic rings. The second-order valence-electron chi connectivity index (χ2n) is 6.71. The first-order chi connectivity index (χ1) is 13.7. The van der Waals surface area contributed by atoms with Crippen molar-refractivity contribution in [3.63, 3.8) is 0 Å². The normalized spacial score (nSPS) is 11.2. The molecule has 1 heterocycles. The molecule has 0 fully saturated rings. The lowest BCUT2D eigenvalue weighted by Gasteiger charge is -2.07. The lowest BCUT2D eigenvalue weighted by molar-refractivity contribution is 0.650. The number of nitrogens with zero attached hydrogens (tertiary/aromatic N) is 3. The highest BCUT2D eigenvalue weighted by atomic mass is 35.5. The van der Waals surface area contributed by atoms with E-state index in [0.717, 1.165) is 27.4 Å². The molecule has 0 spiro atoms. The van der Waals surface area contributed by atoms with Gasteiger partial charge in [-0.1, -0.05) is 89.6 Å². The predicted octanol–water partition coefficient (Wildman–Crippen LogP) is 6.13. The molecule has 4 heteroatoms. The monoisotopic (exact) mass is 385 g/mol. The van der Waals surface area contributed by atoms with Gasteiger partial charge in [-0.15, -0.1) is 5.10 Å². The minimum atomic E-state index is 0.704. The summed E-state index contributed by atoms with van der Waals surface area (Å²) in [5.41, 5.74) is 6.57. The van der Waals surface area contributed by atoms with Crippen molar-refractivity contribution in [2.45, 2.75) is 13.5 Å². The van der Waals surface area contributed by atoms with Gasteiger partial charge in [0.15, 0.2) is 0 Å². The Kier molecular flexibility index (Phi) is 5.36. The zero-order valence-electron chi connectivity index (χ0n) is 15.6. The van der Waals surface area contributed by atoms with Gasteiger partial charge in [0.1, 0.15) is 5.69 Å². The quantitative estimate of drug-likeness (QED) is 0.387. The molecular formula is C24H20ClN3. The Labute approximate surface area is 169 Å². The number of benzene rings is 3.